The minimum atomic E-state index is -0.741. The van der Waals surface area contributed by atoms with Gasteiger partial charge in [0, 0.05) is 45.3 Å². The molecule has 0 amide bonds. The van der Waals surface area contributed by atoms with E-state index in [0.717, 1.165) is 50.7 Å². The van der Waals surface area contributed by atoms with E-state index in [1.807, 2.05) is 0 Å². The number of ketones is 1. The van der Waals surface area contributed by atoms with Crippen molar-refractivity contribution in [2.45, 2.75) is 132 Å². The highest BCUT2D eigenvalue weighted by Gasteiger charge is 2.62. The lowest BCUT2D eigenvalue weighted by atomic mass is 9.80. The van der Waals surface area contributed by atoms with Gasteiger partial charge >= 0.3 is 0 Å². The van der Waals surface area contributed by atoms with Crippen LogP contribution >= 0.6 is 0 Å². The van der Waals surface area contributed by atoms with Gasteiger partial charge in [-0.15, -0.1) is 0 Å². The summed E-state index contributed by atoms with van der Waals surface area (Å²) in [5, 5.41) is 0. The van der Waals surface area contributed by atoms with Gasteiger partial charge in [-0.05, 0) is 50.5 Å². The molecule has 6 rings (SSSR count). The fourth-order valence-corrected chi connectivity index (χ4v) is 7.59. The van der Waals surface area contributed by atoms with Crippen molar-refractivity contribution in [3.05, 3.63) is 12.2 Å². The molecular weight excluding hydrogens is 476 g/mol. The third-order valence-corrected chi connectivity index (χ3v) is 9.75. The van der Waals surface area contributed by atoms with Crippen molar-refractivity contribution < 1.29 is 38.0 Å². The molecule has 0 radical (unpaired) electrons. The number of hydrogen-bond acceptors (Lipinski definition) is 8. The van der Waals surface area contributed by atoms with Gasteiger partial charge in [-0.1, -0.05) is 13.5 Å². The summed E-state index contributed by atoms with van der Waals surface area (Å²) in [5.41, 5.74) is 1.15. The number of fused-ring (bicyclic) bond motifs is 7. The number of rotatable bonds is 8. The molecule has 12 atom stereocenters. The maximum Gasteiger partial charge on any atom is 0.172 e. The number of hydrogen-bond donors (Lipinski definition) is 0. The monoisotopic (exact) mass is 520 g/mol. The molecule has 7 unspecified atom stereocenters. The zero-order valence-electron chi connectivity index (χ0n) is 22.6. The third kappa shape index (κ3) is 5.20. The molecule has 4 bridgehead atoms. The second kappa shape index (κ2) is 10.6. The summed E-state index contributed by atoms with van der Waals surface area (Å²) in [5.74, 6) is -0.0419. The largest absolute Gasteiger partial charge is 0.378 e. The Morgan fingerprint density at radius 2 is 1.84 bits per heavy atom. The van der Waals surface area contributed by atoms with Gasteiger partial charge in [0.15, 0.2) is 5.79 Å². The van der Waals surface area contributed by atoms with Crippen LogP contribution in [0.2, 0.25) is 0 Å². The standard InChI is InChI=1S/C29H44O8/c1-16-11-21(33-15-16)7-9-29-14-24(31-4)28(37-29)25-17(2)26(36-29)27-23(35-25)6-5-22(34-27)13-20(30)12-19-8-10-32-18(19)3/h17-19,21-28H,1,5-15H2,2-4H3/t17?,18-,19?,21?,22?,23?,24+,25+,26?,27-,28?,29+/m0/s1. The lowest BCUT2D eigenvalue weighted by Gasteiger charge is -2.50. The molecule has 6 aliphatic heterocycles. The second-order valence-electron chi connectivity index (χ2n) is 12.3. The van der Waals surface area contributed by atoms with Crippen molar-refractivity contribution in [1.82, 2.24) is 0 Å². The van der Waals surface area contributed by atoms with Crippen LogP contribution in [0.25, 0.3) is 0 Å². The Balaban J connectivity index is 1.14. The molecule has 0 aromatic heterocycles. The van der Waals surface area contributed by atoms with Gasteiger partial charge < -0.3 is 33.2 Å². The summed E-state index contributed by atoms with van der Waals surface area (Å²) < 4.78 is 44.4. The Bertz CT molecular complexity index is 863. The maximum atomic E-state index is 12.9. The van der Waals surface area contributed by atoms with Gasteiger partial charge in [-0.2, -0.15) is 0 Å². The van der Waals surface area contributed by atoms with Crippen molar-refractivity contribution in [3.8, 4) is 0 Å². The molecule has 0 spiro atoms. The van der Waals surface area contributed by atoms with Crippen LogP contribution in [0.4, 0.5) is 0 Å². The Hall–Kier alpha value is -0.870. The Kier molecular flexibility index (Phi) is 7.55. The van der Waals surface area contributed by atoms with Crippen molar-refractivity contribution in [1.29, 1.82) is 0 Å². The first-order valence-electron chi connectivity index (χ1n) is 14.4. The van der Waals surface area contributed by atoms with Crippen molar-refractivity contribution >= 4 is 5.78 Å². The smallest absolute Gasteiger partial charge is 0.172 e. The summed E-state index contributed by atoms with van der Waals surface area (Å²) in [6, 6.07) is 0. The first-order chi connectivity index (χ1) is 17.8. The van der Waals surface area contributed by atoms with Crippen LogP contribution < -0.4 is 0 Å². The van der Waals surface area contributed by atoms with Crippen LogP contribution in [0.3, 0.4) is 0 Å². The predicted octanol–water partition coefficient (Wildman–Crippen LogP) is 3.74. The highest BCUT2D eigenvalue weighted by molar-refractivity contribution is 5.79. The summed E-state index contributed by atoms with van der Waals surface area (Å²) in [6.07, 6.45) is 6.34. The van der Waals surface area contributed by atoms with E-state index < -0.39 is 5.79 Å². The molecule has 8 nitrogen and oxygen atoms in total. The maximum absolute atomic E-state index is 12.9. The number of ether oxygens (including phenoxy) is 7. The summed E-state index contributed by atoms with van der Waals surface area (Å²) in [7, 11) is 1.75. The molecule has 6 saturated heterocycles. The molecule has 0 aromatic carbocycles. The Morgan fingerprint density at radius 3 is 2.57 bits per heavy atom. The molecule has 208 valence electrons. The van der Waals surface area contributed by atoms with Gasteiger partial charge in [-0.3, -0.25) is 4.79 Å². The number of carbonyl (C=O) groups excluding carboxylic acids is 1. The van der Waals surface area contributed by atoms with E-state index in [1.54, 1.807) is 7.11 Å². The van der Waals surface area contributed by atoms with Crippen molar-refractivity contribution in [2.24, 2.45) is 11.8 Å². The normalized spacial score (nSPS) is 49.2. The van der Waals surface area contributed by atoms with E-state index >= 15 is 0 Å². The van der Waals surface area contributed by atoms with Crippen LogP contribution in [-0.4, -0.2) is 86.8 Å². The number of Topliss-reactive ketones (excluding diaryl/α,β-unsaturated/α-hetero) is 1. The van der Waals surface area contributed by atoms with E-state index in [1.165, 1.54) is 0 Å². The Morgan fingerprint density at radius 1 is 1.00 bits per heavy atom. The molecule has 6 heterocycles. The fraction of sp³-hybridized carbons (Fsp3) is 0.897. The molecule has 6 aliphatic rings. The van der Waals surface area contributed by atoms with E-state index in [9.17, 15) is 4.79 Å². The minimum absolute atomic E-state index is 0.0557. The highest BCUT2D eigenvalue weighted by Crippen LogP contribution is 2.50. The lowest BCUT2D eigenvalue weighted by Crippen LogP contribution is -2.62. The van der Waals surface area contributed by atoms with Gasteiger partial charge in [0.2, 0.25) is 0 Å². The minimum Gasteiger partial charge on any atom is -0.378 e. The molecular formula is C29H44O8. The third-order valence-electron chi connectivity index (χ3n) is 9.75. The molecule has 6 fully saturated rings. The first-order valence-corrected chi connectivity index (χ1v) is 14.4. The summed E-state index contributed by atoms with van der Waals surface area (Å²) in [4.78, 5) is 12.9. The zero-order valence-corrected chi connectivity index (χ0v) is 22.6. The predicted molar refractivity (Wildman–Crippen MR) is 134 cm³/mol. The molecule has 0 N–H and O–H groups in total. The van der Waals surface area contributed by atoms with Crippen LogP contribution in [0.5, 0.6) is 0 Å². The molecule has 0 saturated carbocycles. The van der Waals surface area contributed by atoms with Gasteiger partial charge in [0.1, 0.15) is 18.0 Å². The van der Waals surface area contributed by atoms with Crippen LogP contribution in [0.15, 0.2) is 12.2 Å². The average molecular weight is 521 g/mol. The van der Waals surface area contributed by atoms with E-state index in [-0.39, 0.29) is 66.6 Å². The highest BCUT2D eigenvalue weighted by atomic mass is 16.7. The van der Waals surface area contributed by atoms with Gasteiger partial charge in [0.25, 0.3) is 0 Å². The van der Waals surface area contributed by atoms with E-state index in [2.05, 4.69) is 20.4 Å². The topological polar surface area (TPSA) is 81.7 Å². The van der Waals surface area contributed by atoms with Crippen LogP contribution in [-0.2, 0) is 38.0 Å². The van der Waals surface area contributed by atoms with Crippen molar-refractivity contribution in [2.75, 3.05) is 20.3 Å². The van der Waals surface area contributed by atoms with Gasteiger partial charge in [0.05, 0.1) is 49.3 Å². The summed E-state index contributed by atoms with van der Waals surface area (Å²) in [6.45, 7) is 9.72. The Labute approximate surface area is 220 Å². The van der Waals surface area contributed by atoms with Crippen LogP contribution in [0, 0.1) is 11.8 Å². The molecule has 0 aromatic rings. The second-order valence-corrected chi connectivity index (χ2v) is 12.3. The van der Waals surface area contributed by atoms with Crippen LogP contribution in [0.1, 0.15) is 71.6 Å². The fourth-order valence-electron chi connectivity index (χ4n) is 7.59. The van der Waals surface area contributed by atoms with E-state index in [0.29, 0.717) is 31.8 Å². The van der Waals surface area contributed by atoms with Gasteiger partial charge in [-0.25, -0.2) is 0 Å². The average Bonchev–Trinajstić information content (AvgIpc) is 3.57. The molecule has 8 heteroatoms. The first kappa shape index (κ1) is 26.4. The quantitative estimate of drug-likeness (QED) is 0.448. The zero-order chi connectivity index (χ0) is 25.7. The number of carbonyl (C=O) groups is 1. The SMILES string of the molecule is C=C1COC(CC[C@]23C[C@@H](OC)C(O2)[C@@H]2OC4CCC(CC(=O)CC5CCO[C@H]5C)O[C@@H]4C(O3)C2C)C1. The number of methoxy groups -OCH3 is 1. The molecule has 0 aliphatic carbocycles. The molecule has 37 heavy (non-hydrogen) atoms. The van der Waals surface area contributed by atoms with E-state index in [4.69, 9.17) is 33.2 Å². The lowest BCUT2D eigenvalue weighted by molar-refractivity contribution is -0.290. The summed E-state index contributed by atoms with van der Waals surface area (Å²) >= 11 is 0. The van der Waals surface area contributed by atoms with Crippen molar-refractivity contribution in [3.63, 3.8) is 0 Å².